The highest BCUT2D eigenvalue weighted by Gasteiger charge is 2.18. The van der Waals surface area contributed by atoms with Gasteiger partial charge in [0.25, 0.3) is 5.91 Å². The van der Waals surface area contributed by atoms with Gasteiger partial charge in [-0.2, -0.15) is 0 Å². The summed E-state index contributed by atoms with van der Waals surface area (Å²) in [6.07, 6.45) is -0.861. The van der Waals surface area contributed by atoms with Crippen LogP contribution in [-0.2, 0) is 16.1 Å². The predicted octanol–water partition coefficient (Wildman–Crippen LogP) is 1.46. The molecule has 1 unspecified atom stereocenters. The second-order valence-corrected chi connectivity index (χ2v) is 5.10. The molecule has 0 aliphatic heterocycles. The minimum atomic E-state index is -0.861. The van der Waals surface area contributed by atoms with Gasteiger partial charge in [0.1, 0.15) is 0 Å². The molecule has 2 aromatic rings. The first-order chi connectivity index (χ1) is 11.0. The Morgan fingerprint density at radius 3 is 2.30 bits per heavy atom. The van der Waals surface area contributed by atoms with Crippen LogP contribution >= 0.6 is 0 Å². The van der Waals surface area contributed by atoms with Gasteiger partial charge in [0.2, 0.25) is 5.91 Å². The molecule has 0 radical (unpaired) electrons. The maximum Gasteiger partial charge on any atom is 0.263 e. The maximum absolute atomic E-state index is 12.3. The van der Waals surface area contributed by atoms with Gasteiger partial charge in [-0.1, -0.05) is 30.3 Å². The van der Waals surface area contributed by atoms with Crippen molar-refractivity contribution in [3.8, 4) is 0 Å². The van der Waals surface area contributed by atoms with Crippen LogP contribution in [0.2, 0.25) is 0 Å². The fraction of sp³-hybridized carbons (Fsp3) is 0.176. The third-order valence-electron chi connectivity index (χ3n) is 3.14. The van der Waals surface area contributed by atoms with Crippen LogP contribution in [0.5, 0.6) is 0 Å². The molecule has 6 heteroatoms. The number of anilines is 2. The molecular weight excluding hydrogens is 292 g/mol. The van der Waals surface area contributed by atoms with Crippen LogP contribution in [0.3, 0.4) is 0 Å². The topological polar surface area (TPSA) is 96.2 Å². The average Bonchev–Trinajstić information content (AvgIpc) is 2.54. The van der Waals surface area contributed by atoms with Crippen molar-refractivity contribution >= 4 is 23.2 Å². The molecule has 1 atom stereocenters. The number of rotatable bonds is 6. The van der Waals surface area contributed by atoms with E-state index in [1.165, 1.54) is 6.92 Å². The lowest BCUT2D eigenvalue weighted by Gasteiger charge is -2.20. The Labute approximate surface area is 135 Å². The second kappa shape index (κ2) is 7.84. The fourth-order valence-corrected chi connectivity index (χ4v) is 2.00. The molecule has 0 aliphatic carbocycles. The summed E-state index contributed by atoms with van der Waals surface area (Å²) >= 11 is 0. The average molecular weight is 312 g/mol. The van der Waals surface area contributed by atoms with Gasteiger partial charge in [0, 0.05) is 24.8 Å². The van der Waals surface area contributed by atoms with Crippen molar-refractivity contribution in [3.05, 3.63) is 60.2 Å². The van der Waals surface area contributed by atoms with Crippen LogP contribution in [0.4, 0.5) is 11.4 Å². The Bertz CT molecular complexity index is 656. The van der Waals surface area contributed by atoms with Crippen molar-refractivity contribution < 1.29 is 9.59 Å². The van der Waals surface area contributed by atoms with Gasteiger partial charge in [-0.25, -0.2) is 0 Å². The quantitative estimate of drug-likeness (QED) is 0.479. The lowest BCUT2D eigenvalue weighted by molar-refractivity contribution is -0.127. The molecule has 5 N–H and O–H groups in total. The molecule has 0 fully saturated rings. The third kappa shape index (κ3) is 5.35. The zero-order valence-corrected chi connectivity index (χ0v) is 12.9. The van der Waals surface area contributed by atoms with E-state index in [0.29, 0.717) is 17.9 Å². The van der Waals surface area contributed by atoms with Gasteiger partial charge in [-0.15, -0.1) is 0 Å². The van der Waals surface area contributed by atoms with Gasteiger partial charge in [-0.3, -0.25) is 9.59 Å². The molecule has 2 aromatic carbocycles. The van der Waals surface area contributed by atoms with Crippen LogP contribution in [0.25, 0.3) is 0 Å². The molecular formula is C17H20N4O2. The van der Waals surface area contributed by atoms with E-state index < -0.39 is 6.17 Å². The van der Waals surface area contributed by atoms with Gasteiger partial charge in [0.15, 0.2) is 6.17 Å². The van der Waals surface area contributed by atoms with Crippen molar-refractivity contribution in [2.45, 2.75) is 19.6 Å². The summed E-state index contributed by atoms with van der Waals surface area (Å²) in [5.41, 5.74) is 7.93. The molecule has 0 saturated carbocycles. The first-order valence-corrected chi connectivity index (χ1v) is 7.25. The van der Waals surface area contributed by atoms with E-state index in [-0.39, 0.29) is 11.8 Å². The van der Waals surface area contributed by atoms with Gasteiger partial charge < -0.3 is 21.7 Å². The fourth-order valence-electron chi connectivity index (χ4n) is 2.00. The standard InChI is InChI=1S/C17H20N4O2/c1-12(22)20-16(21-15-9-7-14(18)8-10-15)17(23)19-11-13-5-3-2-4-6-13/h2-10,16,21H,11,18H2,1H3,(H,19,23)(H,20,22). The minimum Gasteiger partial charge on any atom is -0.399 e. The van der Waals surface area contributed by atoms with Crippen LogP contribution < -0.4 is 21.7 Å². The summed E-state index contributed by atoms with van der Waals surface area (Å²) in [6.45, 7) is 1.75. The van der Waals surface area contributed by atoms with Crippen molar-refractivity contribution in [1.82, 2.24) is 10.6 Å². The Morgan fingerprint density at radius 1 is 1.04 bits per heavy atom. The van der Waals surface area contributed by atoms with E-state index >= 15 is 0 Å². The first-order valence-electron chi connectivity index (χ1n) is 7.25. The Morgan fingerprint density at radius 2 is 1.70 bits per heavy atom. The number of hydrogen-bond acceptors (Lipinski definition) is 4. The van der Waals surface area contributed by atoms with Crippen molar-refractivity contribution in [3.63, 3.8) is 0 Å². The van der Waals surface area contributed by atoms with E-state index in [0.717, 1.165) is 5.56 Å². The summed E-state index contributed by atoms with van der Waals surface area (Å²) in [6, 6.07) is 16.5. The number of hydrogen-bond donors (Lipinski definition) is 4. The Hall–Kier alpha value is -3.02. The highest BCUT2D eigenvalue weighted by Crippen LogP contribution is 2.11. The summed E-state index contributed by atoms with van der Waals surface area (Å²) in [4.78, 5) is 23.6. The number of carbonyl (C=O) groups is 2. The van der Waals surface area contributed by atoms with Crippen LogP contribution in [0, 0.1) is 0 Å². The summed E-state index contributed by atoms with van der Waals surface area (Å²) < 4.78 is 0. The van der Waals surface area contributed by atoms with Crippen molar-refractivity contribution in [2.75, 3.05) is 11.1 Å². The lowest BCUT2D eigenvalue weighted by atomic mass is 10.2. The third-order valence-corrected chi connectivity index (χ3v) is 3.14. The molecule has 23 heavy (non-hydrogen) atoms. The van der Waals surface area contributed by atoms with Crippen molar-refractivity contribution in [2.24, 2.45) is 0 Å². The van der Waals surface area contributed by atoms with Gasteiger partial charge in [-0.05, 0) is 29.8 Å². The molecule has 2 amide bonds. The molecule has 0 aliphatic rings. The van der Waals surface area contributed by atoms with E-state index in [9.17, 15) is 9.59 Å². The molecule has 0 aromatic heterocycles. The zero-order valence-electron chi connectivity index (χ0n) is 12.9. The molecule has 0 spiro atoms. The second-order valence-electron chi connectivity index (χ2n) is 5.10. The minimum absolute atomic E-state index is 0.298. The lowest BCUT2D eigenvalue weighted by Crippen LogP contribution is -2.50. The van der Waals surface area contributed by atoms with E-state index in [1.54, 1.807) is 24.3 Å². The number of nitrogen functional groups attached to an aromatic ring is 1. The highest BCUT2D eigenvalue weighted by molar-refractivity contribution is 5.88. The maximum atomic E-state index is 12.3. The van der Waals surface area contributed by atoms with Gasteiger partial charge >= 0.3 is 0 Å². The number of nitrogens with one attached hydrogen (secondary N) is 3. The molecule has 0 bridgehead atoms. The summed E-state index contributed by atoms with van der Waals surface area (Å²) in [7, 11) is 0. The zero-order chi connectivity index (χ0) is 16.7. The van der Waals surface area contributed by atoms with Gasteiger partial charge in [0.05, 0.1) is 0 Å². The summed E-state index contributed by atoms with van der Waals surface area (Å²) in [5.74, 6) is -0.617. The molecule has 0 saturated heterocycles. The van der Waals surface area contributed by atoms with Crippen LogP contribution in [0.1, 0.15) is 12.5 Å². The number of nitrogens with two attached hydrogens (primary N) is 1. The number of amides is 2. The number of benzene rings is 2. The first kappa shape index (κ1) is 16.4. The normalized spacial score (nSPS) is 11.3. The Balaban J connectivity index is 2.00. The predicted molar refractivity (Wildman–Crippen MR) is 90.4 cm³/mol. The number of carbonyl (C=O) groups excluding carboxylic acids is 2. The van der Waals surface area contributed by atoms with Crippen LogP contribution in [-0.4, -0.2) is 18.0 Å². The van der Waals surface area contributed by atoms with Crippen LogP contribution in [0.15, 0.2) is 54.6 Å². The smallest absolute Gasteiger partial charge is 0.263 e. The SMILES string of the molecule is CC(=O)NC(Nc1ccc(N)cc1)C(=O)NCc1ccccc1. The molecule has 2 rings (SSSR count). The van der Waals surface area contributed by atoms with Crippen molar-refractivity contribution in [1.29, 1.82) is 0 Å². The monoisotopic (exact) mass is 312 g/mol. The van der Waals surface area contributed by atoms with E-state index in [1.807, 2.05) is 30.3 Å². The Kier molecular flexibility index (Phi) is 5.57. The molecule has 0 heterocycles. The molecule has 6 nitrogen and oxygen atoms in total. The summed E-state index contributed by atoms with van der Waals surface area (Å²) in [5, 5.41) is 8.35. The van der Waals surface area contributed by atoms with E-state index in [2.05, 4.69) is 16.0 Å². The largest absolute Gasteiger partial charge is 0.399 e. The molecule has 120 valence electrons. The van der Waals surface area contributed by atoms with E-state index in [4.69, 9.17) is 5.73 Å². The highest BCUT2D eigenvalue weighted by atomic mass is 16.2.